The SMILES string of the molecule is CCCn1c(C)cc(C=C(C#N)C(=O)OCC(=O)c2ccc(-c3ccccc3)cc2)c1C. The molecule has 5 heteroatoms. The van der Waals surface area contributed by atoms with Gasteiger partial charge in [0.15, 0.2) is 12.4 Å². The van der Waals surface area contributed by atoms with Crippen LogP contribution in [-0.4, -0.2) is 22.9 Å². The minimum absolute atomic E-state index is 0.131. The number of Topliss-reactive ketones (excluding diaryl/α,β-unsaturated/α-hetero) is 1. The van der Waals surface area contributed by atoms with E-state index in [1.165, 1.54) is 6.08 Å². The highest BCUT2D eigenvalue weighted by molar-refractivity contribution is 6.02. The first-order chi connectivity index (χ1) is 15.4. The summed E-state index contributed by atoms with van der Waals surface area (Å²) >= 11 is 0. The molecular weight excluding hydrogens is 400 g/mol. The second-order valence-corrected chi connectivity index (χ2v) is 7.59. The number of nitriles is 1. The third-order valence-corrected chi connectivity index (χ3v) is 5.35. The lowest BCUT2D eigenvalue weighted by Crippen LogP contribution is -2.15. The van der Waals surface area contributed by atoms with Gasteiger partial charge in [-0.05, 0) is 49.1 Å². The maximum atomic E-state index is 12.5. The van der Waals surface area contributed by atoms with E-state index in [0.717, 1.165) is 41.0 Å². The molecule has 0 radical (unpaired) electrons. The van der Waals surface area contributed by atoms with Gasteiger partial charge in [-0.15, -0.1) is 0 Å². The normalized spacial score (nSPS) is 11.1. The average Bonchev–Trinajstić information content (AvgIpc) is 3.09. The number of ketones is 1. The Kier molecular flexibility index (Phi) is 7.41. The largest absolute Gasteiger partial charge is 0.453 e. The Morgan fingerprint density at radius 2 is 1.69 bits per heavy atom. The molecule has 0 fully saturated rings. The van der Waals surface area contributed by atoms with E-state index in [-0.39, 0.29) is 11.4 Å². The van der Waals surface area contributed by atoms with E-state index >= 15 is 0 Å². The van der Waals surface area contributed by atoms with E-state index < -0.39 is 12.6 Å². The summed E-state index contributed by atoms with van der Waals surface area (Å²) in [6, 6.07) is 20.8. The van der Waals surface area contributed by atoms with Crippen LogP contribution >= 0.6 is 0 Å². The second kappa shape index (κ2) is 10.4. The van der Waals surface area contributed by atoms with Crippen LogP contribution in [0.25, 0.3) is 17.2 Å². The van der Waals surface area contributed by atoms with Gasteiger partial charge in [0.25, 0.3) is 0 Å². The molecule has 0 bridgehead atoms. The average molecular weight is 427 g/mol. The maximum absolute atomic E-state index is 12.5. The molecule has 2 aromatic carbocycles. The molecule has 3 aromatic rings. The lowest BCUT2D eigenvalue weighted by molar-refractivity contribution is -0.137. The van der Waals surface area contributed by atoms with Crippen LogP contribution < -0.4 is 0 Å². The molecule has 0 aliphatic heterocycles. The van der Waals surface area contributed by atoms with Crippen molar-refractivity contribution in [3.63, 3.8) is 0 Å². The second-order valence-electron chi connectivity index (χ2n) is 7.59. The summed E-state index contributed by atoms with van der Waals surface area (Å²) in [5, 5.41) is 9.44. The Balaban J connectivity index is 1.66. The van der Waals surface area contributed by atoms with Crippen LogP contribution in [0.15, 0.2) is 66.2 Å². The van der Waals surface area contributed by atoms with Crippen LogP contribution in [0.1, 0.15) is 40.7 Å². The first-order valence-electron chi connectivity index (χ1n) is 10.6. The standard InChI is InChI=1S/C27H26N2O3/c1-4-14-29-19(2)15-24(20(29)3)16-25(17-28)27(31)32-18-26(30)23-12-10-22(11-13-23)21-8-6-5-7-9-21/h5-13,15-16H,4,14,18H2,1-3H3. The number of rotatable bonds is 8. The molecule has 0 saturated carbocycles. The molecule has 0 atom stereocenters. The first-order valence-corrected chi connectivity index (χ1v) is 10.6. The van der Waals surface area contributed by atoms with Crippen molar-refractivity contribution >= 4 is 17.8 Å². The summed E-state index contributed by atoms with van der Waals surface area (Å²) in [5.41, 5.74) is 5.22. The summed E-state index contributed by atoms with van der Waals surface area (Å²) in [6.07, 6.45) is 2.51. The molecule has 162 valence electrons. The molecule has 0 N–H and O–H groups in total. The predicted molar refractivity (Wildman–Crippen MR) is 125 cm³/mol. The van der Waals surface area contributed by atoms with Gasteiger partial charge in [-0.25, -0.2) is 4.79 Å². The fourth-order valence-corrected chi connectivity index (χ4v) is 3.61. The third kappa shape index (κ3) is 5.22. The predicted octanol–water partition coefficient (Wildman–Crippen LogP) is 5.52. The van der Waals surface area contributed by atoms with Crippen LogP contribution in [0.3, 0.4) is 0 Å². The Bertz CT molecular complexity index is 1180. The monoisotopic (exact) mass is 426 g/mol. The minimum atomic E-state index is -0.804. The Hall–Kier alpha value is -3.91. The van der Waals surface area contributed by atoms with Gasteiger partial charge in [0, 0.05) is 23.5 Å². The minimum Gasteiger partial charge on any atom is -0.453 e. The molecule has 0 spiro atoms. The van der Waals surface area contributed by atoms with E-state index in [2.05, 4.69) is 11.5 Å². The smallest absolute Gasteiger partial charge is 0.349 e. The molecule has 3 rings (SSSR count). The number of carbonyl (C=O) groups excluding carboxylic acids is 2. The molecular formula is C27H26N2O3. The van der Waals surface area contributed by atoms with E-state index in [1.54, 1.807) is 12.1 Å². The Morgan fingerprint density at radius 3 is 2.31 bits per heavy atom. The zero-order valence-electron chi connectivity index (χ0n) is 18.6. The highest BCUT2D eigenvalue weighted by Crippen LogP contribution is 2.20. The van der Waals surface area contributed by atoms with Crippen LogP contribution in [-0.2, 0) is 16.1 Å². The number of nitrogens with zero attached hydrogens (tertiary/aromatic N) is 2. The summed E-state index contributed by atoms with van der Waals surface area (Å²) in [4.78, 5) is 24.9. The van der Waals surface area contributed by atoms with Gasteiger partial charge in [0.2, 0.25) is 0 Å². The number of hydrogen-bond acceptors (Lipinski definition) is 4. The van der Waals surface area contributed by atoms with Crippen molar-refractivity contribution < 1.29 is 14.3 Å². The van der Waals surface area contributed by atoms with E-state index in [4.69, 9.17) is 4.74 Å². The molecule has 0 unspecified atom stereocenters. The molecule has 0 saturated heterocycles. The number of hydrogen-bond donors (Lipinski definition) is 0. The van der Waals surface area contributed by atoms with Crippen molar-refractivity contribution in [3.05, 3.63) is 88.8 Å². The van der Waals surface area contributed by atoms with Gasteiger partial charge in [0.05, 0.1) is 0 Å². The molecule has 5 nitrogen and oxygen atoms in total. The van der Waals surface area contributed by atoms with Crippen LogP contribution in [0.2, 0.25) is 0 Å². The number of aryl methyl sites for hydroxylation is 1. The van der Waals surface area contributed by atoms with Crippen molar-refractivity contribution in [1.82, 2.24) is 4.57 Å². The van der Waals surface area contributed by atoms with Gasteiger partial charge in [-0.1, -0.05) is 61.5 Å². The lowest BCUT2D eigenvalue weighted by Gasteiger charge is -2.07. The quantitative estimate of drug-likeness (QED) is 0.206. The zero-order chi connectivity index (χ0) is 23.1. The third-order valence-electron chi connectivity index (χ3n) is 5.35. The summed E-state index contributed by atoms with van der Waals surface area (Å²) < 4.78 is 7.28. The fraction of sp³-hybridized carbons (Fsp3) is 0.222. The number of esters is 1. The molecule has 0 amide bonds. The van der Waals surface area contributed by atoms with Gasteiger partial charge in [-0.2, -0.15) is 5.26 Å². The zero-order valence-corrected chi connectivity index (χ0v) is 18.6. The number of benzene rings is 2. The van der Waals surface area contributed by atoms with Gasteiger partial charge < -0.3 is 9.30 Å². The van der Waals surface area contributed by atoms with Crippen molar-refractivity contribution in [2.75, 3.05) is 6.61 Å². The molecule has 1 aromatic heterocycles. The Labute approximate surface area is 188 Å². The van der Waals surface area contributed by atoms with Crippen molar-refractivity contribution in [2.45, 2.75) is 33.7 Å². The van der Waals surface area contributed by atoms with Crippen LogP contribution in [0.5, 0.6) is 0 Å². The van der Waals surface area contributed by atoms with Crippen molar-refractivity contribution in [3.8, 4) is 17.2 Å². The van der Waals surface area contributed by atoms with Crippen LogP contribution in [0, 0.1) is 25.2 Å². The van der Waals surface area contributed by atoms with Crippen LogP contribution in [0.4, 0.5) is 0 Å². The summed E-state index contributed by atoms with van der Waals surface area (Å²) in [7, 11) is 0. The summed E-state index contributed by atoms with van der Waals surface area (Å²) in [6.45, 7) is 6.50. The number of carbonyl (C=O) groups is 2. The van der Waals surface area contributed by atoms with Gasteiger partial charge >= 0.3 is 5.97 Å². The van der Waals surface area contributed by atoms with E-state index in [1.807, 2.05) is 68.4 Å². The molecule has 32 heavy (non-hydrogen) atoms. The highest BCUT2D eigenvalue weighted by atomic mass is 16.5. The fourth-order valence-electron chi connectivity index (χ4n) is 3.61. The van der Waals surface area contributed by atoms with Crippen molar-refractivity contribution in [1.29, 1.82) is 5.26 Å². The van der Waals surface area contributed by atoms with E-state index in [0.29, 0.717) is 5.56 Å². The van der Waals surface area contributed by atoms with Gasteiger partial charge in [0.1, 0.15) is 11.6 Å². The highest BCUT2D eigenvalue weighted by Gasteiger charge is 2.16. The van der Waals surface area contributed by atoms with Crippen molar-refractivity contribution in [2.24, 2.45) is 0 Å². The van der Waals surface area contributed by atoms with Gasteiger partial charge in [-0.3, -0.25) is 4.79 Å². The maximum Gasteiger partial charge on any atom is 0.349 e. The molecule has 0 aliphatic carbocycles. The molecule has 1 heterocycles. The topological polar surface area (TPSA) is 72.1 Å². The number of ether oxygens (including phenoxy) is 1. The lowest BCUT2D eigenvalue weighted by atomic mass is 10.0. The summed E-state index contributed by atoms with van der Waals surface area (Å²) in [5.74, 6) is -1.13. The first kappa shape index (κ1) is 22.8. The number of aromatic nitrogens is 1. The molecule has 0 aliphatic rings. The van der Waals surface area contributed by atoms with E-state index in [9.17, 15) is 14.9 Å². The Morgan fingerprint density at radius 1 is 1.03 bits per heavy atom.